The van der Waals surface area contributed by atoms with Gasteiger partial charge in [0.15, 0.2) is 5.58 Å². The van der Waals surface area contributed by atoms with Gasteiger partial charge in [-0.25, -0.2) is 18.7 Å². The lowest BCUT2D eigenvalue weighted by Crippen LogP contribution is -2.07. The maximum atomic E-state index is 13.7. The number of rotatable bonds is 5. The third-order valence-electron chi connectivity index (χ3n) is 5.23. The minimum Gasteiger partial charge on any atom is -0.495 e. The van der Waals surface area contributed by atoms with Crippen molar-refractivity contribution < 1.29 is 17.9 Å². The number of anilines is 1. The van der Waals surface area contributed by atoms with Crippen molar-refractivity contribution in [2.45, 2.75) is 13.0 Å². The molecule has 0 saturated heterocycles. The van der Waals surface area contributed by atoms with E-state index in [-0.39, 0.29) is 6.04 Å². The molecular weight excluding hydrogens is 414 g/mol. The summed E-state index contributed by atoms with van der Waals surface area (Å²) >= 11 is 0. The van der Waals surface area contributed by atoms with E-state index in [9.17, 15) is 8.78 Å². The number of hydrogen-bond acceptors (Lipinski definition) is 6. The van der Waals surface area contributed by atoms with E-state index < -0.39 is 11.6 Å². The fourth-order valence-electron chi connectivity index (χ4n) is 3.65. The van der Waals surface area contributed by atoms with Crippen LogP contribution in [0.5, 0.6) is 5.75 Å². The first-order valence-corrected chi connectivity index (χ1v) is 9.92. The van der Waals surface area contributed by atoms with Crippen LogP contribution >= 0.6 is 0 Å². The van der Waals surface area contributed by atoms with Gasteiger partial charge < -0.3 is 14.5 Å². The Morgan fingerprint density at radius 1 is 1.00 bits per heavy atom. The zero-order chi connectivity index (χ0) is 22.2. The molecule has 0 aliphatic heterocycles. The van der Waals surface area contributed by atoms with Gasteiger partial charge >= 0.3 is 0 Å². The quantitative estimate of drug-likeness (QED) is 0.373. The smallest absolute Gasteiger partial charge is 0.152 e. The van der Waals surface area contributed by atoms with E-state index in [2.05, 4.69) is 20.3 Å². The average molecular weight is 432 g/mol. The fraction of sp³-hybridized carbons (Fsp3) is 0.125. The van der Waals surface area contributed by atoms with Crippen molar-refractivity contribution in [1.29, 1.82) is 0 Å². The van der Waals surface area contributed by atoms with E-state index in [1.807, 2.05) is 19.1 Å². The second-order valence-corrected chi connectivity index (χ2v) is 7.36. The lowest BCUT2D eigenvalue weighted by atomic mass is 10.1. The van der Waals surface area contributed by atoms with Crippen LogP contribution in [0.1, 0.15) is 18.5 Å². The van der Waals surface area contributed by atoms with Crippen molar-refractivity contribution in [3.8, 4) is 17.0 Å². The number of nitrogens with one attached hydrogen (secondary N) is 1. The molecule has 4 heterocycles. The number of hydrogen-bond donors (Lipinski definition) is 1. The minimum atomic E-state index is -0.655. The van der Waals surface area contributed by atoms with Gasteiger partial charge in [0.25, 0.3) is 0 Å². The topological polar surface area (TPSA) is 73.1 Å². The molecule has 5 aromatic rings. The minimum absolute atomic E-state index is 0.197. The third kappa shape index (κ3) is 3.60. The van der Waals surface area contributed by atoms with Crippen molar-refractivity contribution in [3.05, 3.63) is 78.3 Å². The zero-order valence-electron chi connectivity index (χ0n) is 17.3. The Balaban J connectivity index is 1.51. The number of methoxy groups -OCH3 is 1. The molecule has 1 unspecified atom stereocenters. The van der Waals surface area contributed by atoms with Crippen LogP contribution in [0.15, 0.2) is 65.5 Å². The van der Waals surface area contributed by atoms with Crippen molar-refractivity contribution in [2.24, 2.45) is 0 Å². The van der Waals surface area contributed by atoms with Crippen LogP contribution in [-0.4, -0.2) is 22.1 Å². The molecule has 0 aliphatic carbocycles. The van der Waals surface area contributed by atoms with Gasteiger partial charge in [-0.2, -0.15) is 0 Å². The molecule has 1 atom stereocenters. The van der Waals surface area contributed by atoms with Crippen molar-refractivity contribution >= 4 is 27.8 Å². The van der Waals surface area contributed by atoms with Crippen LogP contribution in [0.25, 0.3) is 33.4 Å². The Hall–Kier alpha value is -4.07. The predicted molar refractivity (Wildman–Crippen MR) is 117 cm³/mol. The highest BCUT2D eigenvalue weighted by Gasteiger charge is 2.17. The van der Waals surface area contributed by atoms with Gasteiger partial charge in [-0.15, -0.1) is 0 Å². The van der Waals surface area contributed by atoms with Crippen molar-refractivity contribution in [2.75, 3.05) is 12.4 Å². The number of aromatic nitrogens is 3. The van der Waals surface area contributed by atoms with Crippen LogP contribution in [-0.2, 0) is 0 Å². The first kappa shape index (κ1) is 19.9. The van der Waals surface area contributed by atoms with Gasteiger partial charge in [0.2, 0.25) is 0 Å². The number of fused-ring (bicyclic) bond motifs is 2. The number of halogens is 2. The lowest BCUT2D eigenvalue weighted by Gasteiger charge is -2.15. The Bertz CT molecular complexity index is 1430. The number of benzene rings is 1. The molecular formula is C24H18F2N4O2. The summed E-state index contributed by atoms with van der Waals surface area (Å²) in [6, 6.07) is 10.2. The molecule has 1 N–H and O–H groups in total. The molecule has 0 bridgehead atoms. The molecule has 0 saturated carbocycles. The highest BCUT2D eigenvalue weighted by atomic mass is 19.1. The van der Waals surface area contributed by atoms with E-state index in [1.54, 1.807) is 37.9 Å². The number of pyridine rings is 3. The molecule has 6 nitrogen and oxygen atoms in total. The molecule has 1 aromatic carbocycles. The standard InChI is InChI=1S/C24H18F2N4O2/c1-13(29-20-5-6-27-21-10-17(31-2)11-28-24(20)21)18-12-32-22-4-3-19(30-23(18)22)14-7-15(25)9-16(26)8-14/h3-13H,1-2H3,(H,27,29). The summed E-state index contributed by atoms with van der Waals surface area (Å²) in [5.74, 6) is -0.683. The van der Waals surface area contributed by atoms with E-state index in [1.165, 1.54) is 12.1 Å². The van der Waals surface area contributed by atoms with Crippen molar-refractivity contribution in [1.82, 2.24) is 15.0 Å². The maximum absolute atomic E-state index is 13.7. The highest BCUT2D eigenvalue weighted by Crippen LogP contribution is 2.32. The molecule has 32 heavy (non-hydrogen) atoms. The lowest BCUT2D eigenvalue weighted by molar-refractivity contribution is 0.413. The highest BCUT2D eigenvalue weighted by molar-refractivity contribution is 5.88. The first-order chi connectivity index (χ1) is 15.5. The molecule has 0 spiro atoms. The summed E-state index contributed by atoms with van der Waals surface area (Å²) in [6.07, 6.45) is 4.96. The Morgan fingerprint density at radius 2 is 1.81 bits per heavy atom. The molecule has 8 heteroatoms. The van der Waals surface area contributed by atoms with E-state index in [0.717, 1.165) is 17.3 Å². The first-order valence-electron chi connectivity index (χ1n) is 9.92. The monoisotopic (exact) mass is 432 g/mol. The van der Waals surface area contributed by atoms with Crippen LogP contribution < -0.4 is 10.1 Å². The molecule has 0 aliphatic rings. The Kier molecular flexibility index (Phi) is 4.89. The molecule has 0 radical (unpaired) electrons. The number of nitrogens with zero attached hydrogens (tertiary/aromatic N) is 3. The van der Waals surface area contributed by atoms with Crippen LogP contribution in [0.3, 0.4) is 0 Å². The van der Waals surface area contributed by atoms with Gasteiger partial charge in [-0.05, 0) is 37.3 Å². The molecule has 0 fully saturated rings. The SMILES string of the molecule is COc1cnc2c(NC(C)c3coc4ccc(-c5cc(F)cc(F)c5)nc34)ccnc2c1. The average Bonchev–Trinajstić information content (AvgIpc) is 3.21. The van der Waals surface area contributed by atoms with Gasteiger partial charge in [-0.3, -0.25) is 4.98 Å². The molecule has 5 rings (SSSR count). The largest absolute Gasteiger partial charge is 0.495 e. The van der Waals surface area contributed by atoms with Gasteiger partial charge in [0.1, 0.15) is 28.4 Å². The second kappa shape index (κ2) is 7.88. The number of ether oxygens (including phenoxy) is 1. The molecule has 0 amide bonds. The van der Waals surface area contributed by atoms with Gasteiger partial charge in [-0.1, -0.05) is 0 Å². The number of furan rings is 1. The molecule has 4 aromatic heterocycles. The summed E-state index contributed by atoms with van der Waals surface area (Å²) in [7, 11) is 1.58. The predicted octanol–water partition coefficient (Wildman–Crippen LogP) is 5.90. The normalized spacial score (nSPS) is 12.2. The van der Waals surface area contributed by atoms with E-state index >= 15 is 0 Å². The van der Waals surface area contributed by atoms with Crippen molar-refractivity contribution in [3.63, 3.8) is 0 Å². The van der Waals surface area contributed by atoms with Crippen LogP contribution in [0.2, 0.25) is 0 Å². The molecule has 160 valence electrons. The summed E-state index contributed by atoms with van der Waals surface area (Å²) in [5, 5.41) is 3.43. The van der Waals surface area contributed by atoms with Gasteiger partial charge in [0.05, 0.1) is 42.5 Å². The van der Waals surface area contributed by atoms with E-state index in [4.69, 9.17) is 9.15 Å². The summed E-state index contributed by atoms with van der Waals surface area (Å²) in [4.78, 5) is 13.4. The van der Waals surface area contributed by atoms with Gasteiger partial charge in [0, 0.05) is 29.5 Å². The summed E-state index contributed by atoms with van der Waals surface area (Å²) < 4.78 is 38.2. The maximum Gasteiger partial charge on any atom is 0.152 e. The summed E-state index contributed by atoms with van der Waals surface area (Å²) in [6.45, 7) is 1.97. The van der Waals surface area contributed by atoms with Crippen LogP contribution in [0.4, 0.5) is 14.5 Å². The Labute approximate surface area is 181 Å². The van der Waals surface area contributed by atoms with Crippen LogP contribution in [0, 0.1) is 11.6 Å². The summed E-state index contributed by atoms with van der Waals surface area (Å²) in [5.41, 5.74) is 5.00. The zero-order valence-corrected chi connectivity index (χ0v) is 17.3. The fourth-order valence-corrected chi connectivity index (χ4v) is 3.65. The third-order valence-corrected chi connectivity index (χ3v) is 5.23. The Morgan fingerprint density at radius 3 is 2.59 bits per heavy atom. The second-order valence-electron chi connectivity index (χ2n) is 7.36. The van der Waals surface area contributed by atoms with E-state index in [0.29, 0.717) is 39.1 Å².